The van der Waals surface area contributed by atoms with Crippen molar-refractivity contribution in [1.29, 1.82) is 0 Å². The third-order valence-corrected chi connectivity index (χ3v) is 7.39. The van der Waals surface area contributed by atoms with E-state index in [0.717, 1.165) is 47.6 Å². The van der Waals surface area contributed by atoms with Gasteiger partial charge in [-0.1, -0.05) is 30.2 Å². The zero-order chi connectivity index (χ0) is 25.1. The number of benzene rings is 3. The molecule has 1 heterocycles. The van der Waals surface area contributed by atoms with E-state index in [9.17, 15) is 15.0 Å². The minimum atomic E-state index is -0.106. The Hall–Kier alpha value is -3.28. The molecule has 1 aliphatic heterocycles. The molecule has 2 aliphatic rings. The first-order valence-electron chi connectivity index (χ1n) is 12.5. The average molecular weight is 504 g/mol. The molecule has 0 atom stereocenters. The van der Waals surface area contributed by atoms with Crippen LogP contribution in [0.15, 0.2) is 60.7 Å². The van der Waals surface area contributed by atoms with E-state index in [1.807, 2.05) is 18.2 Å². The van der Waals surface area contributed by atoms with Crippen LogP contribution in [0.25, 0.3) is 11.1 Å². The number of carbonyl (C=O) groups excluding carboxylic acids is 1. The van der Waals surface area contributed by atoms with Crippen molar-refractivity contribution in [2.75, 3.05) is 26.2 Å². The Morgan fingerprint density at radius 2 is 1.69 bits per heavy atom. The average Bonchev–Trinajstić information content (AvgIpc) is 2.90. The standard InChI is InChI=1S/C30H30ClNO4/c31-27-13-7-22(19-28(27)34)25-11-6-21-18-23(33)8-12-26(21)29(25)30(35)20-4-9-24(10-5-20)36-17-16-32-14-2-1-3-15-32/h4-5,7-10,12-13,18-19,33-34H,1-3,6,11,14-17H2. The number of fused-ring (bicyclic) bond motifs is 1. The molecule has 1 saturated heterocycles. The van der Waals surface area contributed by atoms with Crippen LogP contribution in [0.3, 0.4) is 0 Å². The van der Waals surface area contributed by atoms with Crippen molar-refractivity contribution in [2.24, 2.45) is 0 Å². The molecule has 6 heteroatoms. The Bertz CT molecular complexity index is 1290. The number of aromatic hydroxyl groups is 2. The molecule has 0 unspecified atom stereocenters. The minimum absolute atomic E-state index is 0.0176. The number of carbonyl (C=O) groups is 1. The van der Waals surface area contributed by atoms with Crippen molar-refractivity contribution in [2.45, 2.75) is 32.1 Å². The van der Waals surface area contributed by atoms with Gasteiger partial charge in [-0.3, -0.25) is 9.69 Å². The number of phenols is 2. The third-order valence-electron chi connectivity index (χ3n) is 7.07. The number of likely N-dealkylation sites (tertiary alicyclic amines) is 1. The summed E-state index contributed by atoms with van der Waals surface area (Å²) in [4.78, 5) is 16.3. The van der Waals surface area contributed by atoms with Crippen LogP contribution in [0.4, 0.5) is 0 Å². The lowest BCUT2D eigenvalue weighted by atomic mass is 9.79. The number of nitrogens with zero attached hydrogens (tertiary/aromatic N) is 1. The van der Waals surface area contributed by atoms with E-state index < -0.39 is 0 Å². The highest BCUT2D eigenvalue weighted by Crippen LogP contribution is 2.41. The molecule has 36 heavy (non-hydrogen) atoms. The number of phenolic OH excluding ortho intramolecular Hbond substituents is 2. The number of ketones is 1. The first kappa shape index (κ1) is 24.4. The SMILES string of the molecule is O=C(C1=C(c2ccc(Cl)c(O)c2)CCc2cc(O)ccc21)c1ccc(OCCN2CCCCC2)cc1. The van der Waals surface area contributed by atoms with Crippen LogP contribution in [0.2, 0.25) is 5.02 Å². The Labute approximate surface area is 216 Å². The molecule has 0 spiro atoms. The van der Waals surface area contributed by atoms with Crippen molar-refractivity contribution in [3.63, 3.8) is 0 Å². The molecule has 3 aromatic rings. The highest BCUT2D eigenvalue weighted by molar-refractivity contribution is 6.35. The van der Waals surface area contributed by atoms with Crippen molar-refractivity contribution in [1.82, 2.24) is 4.90 Å². The number of allylic oxidation sites excluding steroid dienone is 2. The molecular weight excluding hydrogens is 474 g/mol. The summed E-state index contributed by atoms with van der Waals surface area (Å²) in [6, 6.07) is 17.5. The van der Waals surface area contributed by atoms with Crippen LogP contribution < -0.4 is 4.74 Å². The van der Waals surface area contributed by atoms with Gasteiger partial charge < -0.3 is 14.9 Å². The van der Waals surface area contributed by atoms with E-state index in [2.05, 4.69) is 4.90 Å². The number of ether oxygens (including phenoxy) is 1. The second kappa shape index (κ2) is 10.8. The molecule has 5 rings (SSSR count). The summed E-state index contributed by atoms with van der Waals surface area (Å²) in [6.07, 6.45) is 5.12. The monoisotopic (exact) mass is 503 g/mol. The van der Waals surface area contributed by atoms with Crippen molar-refractivity contribution in [3.05, 3.63) is 87.9 Å². The van der Waals surface area contributed by atoms with Crippen LogP contribution in [0.5, 0.6) is 17.2 Å². The molecule has 186 valence electrons. The van der Waals surface area contributed by atoms with E-state index >= 15 is 0 Å². The van der Waals surface area contributed by atoms with Crippen LogP contribution in [0, 0.1) is 0 Å². The molecule has 5 nitrogen and oxygen atoms in total. The van der Waals surface area contributed by atoms with Crippen molar-refractivity contribution < 1.29 is 19.7 Å². The molecular formula is C30H30ClNO4. The number of aryl methyl sites for hydroxylation is 1. The van der Waals surface area contributed by atoms with Crippen molar-refractivity contribution in [3.8, 4) is 17.2 Å². The van der Waals surface area contributed by atoms with Gasteiger partial charge in [-0.25, -0.2) is 0 Å². The summed E-state index contributed by atoms with van der Waals surface area (Å²) >= 11 is 6.03. The predicted octanol–water partition coefficient (Wildman–Crippen LogP) is 6.36. The summed E-state index contributed by atoms with van der Waals surface area (Å²) in [5, 5.41) is 20.5. The smallest absolute Gasteiger partial charge is 0.193 e. The maximum absolute atomic E-state index is 13.9. The maximum atomic E-state index is 13.9. The van der Waals surface area contributed by atoms with Gasteiger partial charge in [-0.05, 0) is 110 Å². The largest absolute Gasteiger partial charge is 0.508 e. The Morgan fingerprint density at radius 3 is 2.44 bits per heavy atom. The second-order valence-electron chi connectivity index (χ2n) is 9.47. The molecule has 0 radical (unpaired) electrons. The fourth-order valence-electron chi connectivity index (χ4n) is 5.15. The fraction of sp³-hybridized carbons (Fsp3) is 0.300. The maximum Gasteiger partial charge on any atom is 0.193 e. The zero-order valence-electron chi connectivity index (χ0n) is 20.2. The van der Waals surface area contributed by atoms with Gasteiger partial charge in [-0.2, -0.15) is 0 Å². The molecule has 2 N–H and O–H groups in total. The van der Waals surface area contributed by atoms with E-state index in [1.165, 1.54) is 19.3 Å². The van der Waals surface area contributed by atoms with Gasteiger partial charge >= 0.3 is 0 Å². The fourth-order valence-corrected chi connectivity index (χ4v) is 5.27. The molecule has 0 aromatic heterocycles. The van der Waals surface area contributed by atoms with Gasteiger partial charge in [0.15, 0.2) is 5.78 Å². The Morgan fingerprint density at radius 1 is 0.917 bits per heavy atom. The normalized spacial score (nSPS) is 16.0. The van der Waals surface area contributed by atoms with Crippen LogP contribution in [0.1, 0.15) is 52.7 Å². The van der Waals surface area contributed by atoms with Gasteiger partial charge in [0.05, 0.1) is 5.02 Å². The second-order valence-corrected chi connectivity index (χ2v) is 9.87. The van der Waals surface area contributed by atoms with Gasteiger partial charge in [0.25, 0.3) is 0 Å². The first-order valence-corrected chi connectivity index (χ1v) is 12.9. The number of rotatable bonds is 7. The summed E-state index contributed by atoms with van der Waals surface area (Å²) in [6.45, 7) is 3.81. The number of hydrogen-bond donors (Lipinski definition) is 2. The van der Waals surface area contributed by atoms with E-state index in [0.29, 0.717) is 30.6 Å². The van der Waals surface area contributed by atoms with Gasteiger partial charge in [0, 0.05) is 17.7 Å². The zero-order valence-corrected chi connectivity index (χ0v) is 20.9. The molecule has 0 saturated carbocycles. The summed E-state index contributed by atoms with van der Waals surface area (Å²) < 4.78 is 5.94. The molecule has 1 fully saturated rings. The lowest BCUT2D eigenvalue weighted by molar-refractivity contribution is 0.105. The summed E-state index contributed by atoms with van der Waals surface area (Å²) in [7, 11) is 0. The van der Waals surface area contributed by atoms with Crippen LogP contribution in [-0.4, -0.2) is 47.1 Å². The van der Waals surface area contributed by atoms with Gasteiger partial charge in [0.2, 0.25) is 0 Å². The van der Waals surface area contributed by atoms with Gasteiger partial charge in [-0.15, -0.1) is 0 Å². The number of piperidine rings is 1. The predicted molar refractivity (Wildman–Crippen MR) is 143 cm³/mol. The van der Waals surface area contributed by atoms with Crippen LogP contribution >= 0.6 is 11.6 Å². The first-order chi connectivity index (χ1) is 17.5. The Balaban J connectivity index is 1.41. The summed E-state index contributed by atoms with van der Waals surface area (Å²) in [5.41, 5.74) is 4.48. The van der Waals surface area contributed by atoms with E-state index in [-0.39, 0.29) is 22.3 Å². The topological polar surface area (TPSA) is 70.0 Å². The lowest BCUT2D eigenvalue weighted by Gasteiger charge is -2.26. The van der Waals surface area contributed by atoms with E-state index in [1.54, 1.807) is 42.5 Å². The van der Waals surface area contributed by atoms with Crippen LogP contribution in [-0.2, 0) is 6.42 Å². The van der Waals surface area contributed by atoms with Crippen molar-refractivity contribution >= 4 is 28.5 Å². The lowest BCUT2D eigenvalue weighted by Crippen LogP contribution is -2.33. The highest BCUT2D eigenvalue weighted by atomic mass is 35.5. The third kappa shape index (κ3) is 5.28. The number of hydrogen-bond acceptors (Lipinski definition) is 5. The molecule has 1 aliphatic carbocycles. The quantitative estimate of drug-likeness (QED) is 0.367. The molecule has 0 bridgehead atoms. The molecule has 3 aromatic carbocycles. The van der Waals surface area contributed by atoms with Gasteiger partial charge in [0.1, 0.15) is 23.9 Å². The van der Waals surface area contributed by atoms with E-state index in [4.69, 9.17) is 16.3 Å². The minimum Gasteiger partial charge on any atom is -0.508 e. The highest BCUT2D eigenvalue weighted by Gasteiger charge is 2.27. The summed E-state index contributed by atoms with van der Waals surface area (Å²) in [5.74, 6) is 0.801. The number of halogens is 1. The molecule has 0 amide bonds. The Kier molecular flexibility index (Phi) is 7.30. The number of Topliss-reactive ketones (excluding diaryl/α,β-unsaturated/α-hetero) is 1.